The molecule has 142 valence electrons. The first kappa shape index (κ1) is 20.1. The Balaban J connectivity index is 2.26. The summed E-state index contributed by atoms with van der Waals surface area (Å²) in [5.41, 5.74) is 1.41. The molecule has 2 aromatic carbocycles. The van der Waals surface area contributed by atoms with Crippen molar-refractivity contribution in [3.8, 4) is 0 Å². The molecular formula is C18H17NO7S. The number of hydrogen-bond donors (Lipinski definition) is 0. The van der Waals surface area contributed by atoms with E-state index in [-0.39, 0.29) is 23.7 Å². The first-order valence-electron chi connectivity index (χ1n) is 7.79. The van der Waals surface area contributed by atoms with Gasteiger partial charge in [0.1, 0.15) is 13.2 Å². The first-order chi connectivity index (χ1) is 12.8. The van der Waals surface area contributed by atoms with Gasteiger partial charge in [0.25, 0.3) is 5.09 Å². The Hall–Kier alpha value is -3.20. The van der Waals surface area contributed by atoms with E-state index in [0.717, 1.165) is 6.26 Å². The van der Waals surface area contributed by atoms with Gasteiger partial charge in [-0.15, -0.1) is 10.1 Å². The van der Waals surface area contributed by atoms with Crippen molar-refractivity contribution in [2.24, 2.45) is 0 Å². The molecule has 0 aliphatic rings. The van der Waals surface area contributed by atoms with E-state index in [1.54, 1.807) is 48.5 Å². The molecule has 0 spiro atoms. The summed E-state index contributed by atoms with van der Waals surface area (Å²) in [5, 5.41) is 9.16. The van der Waals surface area contributed by atoms with Crippen molar-refractivity contribution < 1.29 is 27.9 Å². The Bertz CT molecular complexity index is 935. The molecule has 0 saturated heterocycles. The lowest BCUT2D eigenvalue weighted by molar-refractivity contribution is -0.757. The van der Waals surface area contributed by atoms with E-state index in [1.807, 2.05) is 0 Å². The maximum absolute atomic E-state index is 12.4. The largest absolute Gasteiger partial charge is 0.460 e. The molecule has 9 heteroatoms. The second kappa shape index (κ2) is 8.95. The summed E-state index contributed by atoms with van der Waals surface area (Å²) in [6, 6.07) is 14.7. The standard InChI is InChI=1S/C18H17NO7S/c1-27(23,24)16-9-7-14(8-10-16)13-17(15-5-3-2-4-6-15)18(20)25-11-12-26-19(21)22/h2-10,13H,11-12H2,1H3/b17-13+. The van der Waals surface area contributed by atoms with Crippen LogP contribution in [0.4, 0.5) is 0 Å². The highest BCUT2D eigenvalue weighted by molar-refractivity contribution is 7.90. The summed E-state index contributed by atoms with van der Waals surface area (Å²) in [7, 11) is -3.32. The van der Waals surface area contributed by atoms with Crippen LogP contribution in [0, 0.1) is 10.1 Å². The monoisotopic (exact) mass is 391 g/mol. The third-order valence-electron chi connectivity index (χ3n) is 3.44. The Morgan fingerprint density at radius 3 is 2.26 bits per heavy atom. The molecule has 0 aromatic heterocycles. The number of carbonyl (C=O) groups is 1. The van der Waals surface area contributed by atoms with Crippen molar-refractivity contribution in [2.45, 2.75) is 4.90 Å². The number of benzene rings is 2. The number of nitrogens with zero attached hydrogens (tertiary/aromatic N) is 1. The second-order valence-corrected chi connectivity index (χ2v) is 7.47. The van der Waals surface area contributed by atoms with E-state index in [1.165, 1.54) is 12.1 Å². The molecule has 8 nitrogen and oxygen atoms in total. The van der Waals surface area contributed by atoms with Gasteiger partial charge in [0.05, 0.1) is 10.5 Å². The van der Waals surface area contributed by atoms with Crippen LogP contribution in [0.15, 0.2) is 59.5 Å². The van der Waals surface area contributed by atoms with Crippen molar-refractivity contribution in [1.29, 1.82) is 0 Å². The van der Waals surface area contributed by atoms with Gasteiger partial charge in [-0.2, -0.15) is 0 Å². The number of rotatable bonds is 8. The maximum Gasteiger partial charge on any atom is 0.338 e. The topological polar surface area (TPSA) is 113 Å². The lowest BCUT2D eigenvalue weighted by Crippen LogP contribution is -2.14. The zero-order valence-corrected chi connectivity index (χ0v) is 15.2. The Morgan fingerprint density at radius 2 is 1.70 bits per heavy atom. The van der Waals surface area contributed by atoms with Crippen LogP contribution >= 0.6 is 0 Å². The van der Waals surface area contributed by atoms with Gasteiger partial charge in [-0.3, -0.25) is 0 Å². The summed E-state index contributed by atoms with van der Waals surface area (Å²) in [6.07, 6.45) is 2.66. The van der Waals surface area contributed by atoms with Crippen LogP contribution in [0.3, 0.4) is 0 Å². The molecule has 0 fully saturated rings. The molecule has 0 radical (unpaired) electrons. The molecule has 0 heterocycles. The van der Waals surface area contributed by atoms with Gasteiger partial charge in [-0.1, -0.05) is 42.5 Å². The number of esters is 1. The van der Waals surface area contributed by atoms with Crippen LogP contribution in [0.2, 0.25) is 0 Å². The molecule has 0 atom stereocenters. The average Bonchev–Trinajstić information content (AvgIpc) is 2.63. The maximum atomic E-state index is 12.4. The van der Waals surface area contributed by atoms with Crippen molar-refractivity contribution in [2.75, 3.05) is 19.5 Å². The van der Waals surface area contributed by atoms with Crippen LogP contribution in [0.1, 0.15) is 11.1 Å². The highest BCUT2D eigenvalue weighted by Gasteiger charge is 2.14. The van der Waals surface area contributed by atoms with Gasteiger partial charge >= 0.3 is 5.97 Å². The fourth-order valence-corrected chi connectivity index (χ4v) is 2.81. The molecule has 0 bridgehead atoms. The van der Waals surface area contributed by atoms with Crippen molar-refractivity contribution >= 4 is 27.5 Å². The van der Waals surface area contributed by atoms with E-state index in [2.05, 4.69) is 4.84 Å². The minimum atomic E-state index is -3.32. The Labute approximate surface area is 156 Å². The van der Waals surface area contributed by atoms with Gasteiger partial charge < -0.3 is 9.57 Å². The summed E-state index contributed by atoms with van der Waals surface area (Å²) in [6.45, 7) is -0.652. The molecular weight excluding hydrogens is 374 g/mol. The van der Waals surface area contributed by atoms with Gasteiger partial charge in [-0.05, 0) is 29.3 Å². The van der Waals surface area contributed by atoms with Gasteiger partial charge in [-0.25, -0.2) is 13.2 Å². The summed E-state index contributed by atoms with van der Waals surface area (Å²) in [5.74, 6) is -0.680. The van der Waals surface area contributed by atoms with Crippen LogP contribution in [0.25, 0.3) is 11.6 Å². The van der Waals surface area contributed by atoms with E-state index in [9.17, 15) is 23.3 Å². The lowest BCUT2D eigenvalue weighted by Gasteiger charge is -2.09. The molecule has 0 aliphatic heterocycles. The molecule has 2 aromatic rings. The predicted molar refractivity (Wildman–Crippen MR) is 97.8 cm³/mol. The number of sulfone groups is 1. The molecule has 2 rings (SSSR count). The lowest BCUT2D eigenvalue weighted by atomic mass is 10.0. The Morgan fingerprint density at radius 1 is 1.07 bits per heavy atom. The zero-order chi connectivity index (χ0) is 19.9. The van der Waals surface area contributed by atoms with E-state index in [0.29, 0.717) is 11.1 Å². The van der Waals surface area contributed by atoms with Crippen LogP contribution in [-0.4, -0.2) is 38.9 Å². The number of carbonyl (C=O) groups excluding carboxylic acids is 1. The third-order valence-corrected chi connectivity index (χ3v) is 4.57. The number of ether oxygens (including phenoxy) is 1. The Kier molecular flexibility index (Phi) is 6.67. The smallest absolute Gasteiger partial charge is 0.338 e. The quantitative estimate of drug-likeness (QED) is 0.169. The fourth-order valence-electron chi connectivity index (χ4n) is 2.18. The zero-order valence-electron chi connectivity index (χ0n) is 14.4. The van der Waals surface area contributed by atoms with E-state index in [4.69, 9.17) is 4.74 Å². The third kappa shape index (κ3) is 6.23. The van der Waals surface area contributed by atoms with Gasteiger partial charge in [0.2, 0.25) is 0 Å². The molecule has 0 unspecified atom stereocenters. The normalized spacial score (nSPS) is 11.7. The van der Waals surface area contributed by atoms with Crippen molar-refractivity contribution in [1.82, 2.24) is 0 Å². The molecule has 0 amide bonds. The number of hydrogen-bond acceptors (Lipinski definition) is 7. The van der Waals surface area contributed by atoms with Crippen molar-refractivity contribution in [3.63, 3.8) is 0 Å². The van der Waals surface area contributed by atoms with Crippen LogP contribution in [-0.2, 0) is 24.2 Å². The summed E-state index contributed by atoms with van der Waals surface area (Å²) >= 11 is 0. The predicted octanol–water partition coefficient (Wildman–Crippen LogP) is 2.38. The van der Waals surface area contributed by atoms with Gasteiger partial charge in [0.15, 0.2) is 9.84 Å². The average molecular weight is 391 g/mol. The van der Waals surface area contributed by atoms with Crippen LogP contribution in [0.5, 0.6) is 0 Å². The molecule has 0 N–H and O–H groups in total. The minimum absolute atomic E-state index is 0.167. The van der Waals surface area contributed by atoms with Crippen molar-refractivity contribution in [3.05, 3.63) is 75.8 Å². The minimum Gasteiger partial charge on any atom is -0.460 e. The second-order valence-electron chi connectivity index (χ2n) is 5.46. The highest BCUT2D eigenvalue weighted by atomic mass is 32.2. The summed E-state index contributed by atoms with van der Waals surface area (Å²) in [4.78, 5) is 26.8. The van der Waals surface area contributed by atoms with E-state index < -0.39 is 20.9 Å². The first-order valence-corrected chi connectivity index (χ1v) is 9.68. The molecule has 27 heavy (non-hydrogen) atoms. The highest BCUT2D eigenvalue weighted by Crippen LogP contribution is 2.21. The van der Waals surface area contributed by atoms with Gasteiger partial charge in [0, 0.05) is 6.26 Å². The van der Waals surface area contributed by atoms with Crippen LogP contribution < -0.4 is 0 Å². The fraction of sp³-hybridized carbons (Fsp3) is 0.167. The molecule has 0 saturated carbocycles. The van der Waals surface area contributed by atoms with E-state index >= 15 is 0 Å². The molecule has 0 aliphatic carbocycles. The summed E-state index contributed by atoms with van der Waals surface area (Å²) < 4.78 is 28.1. The SMILES string of the molecule is CS(=O)(=O)c1ccc(/C=C(/C(=O)OCCO[N+](=O)[O-])c2ccccc2)cc1.